The molecular formula is C38H43F2N7O5S. The fourth-order valence-corrected chi connectivity index (χ4v) is 9.01. The zero-order valence-electron chi connectivity index (χ0n) is 29.7. The van der Waals surface area contributed by atoms with Gasteiger partial charge in [-0.15, -0.1) is 0 Å². The van der Waals surface area contributed by atoms with Crippen LogP contribution in [-0.4, -0.2) is 72.1 Å². The second-order valence-electron chi connectivity index (χ2n) is 14.3. The fourth-order valence-electron chi connectivity index (χ4n) is 8.07. The minimum atomic E-state index is -4.00. The molecule has 280 valence electrons. The maximum atomic E-state index is 15.1. The molecule has 1 aromatic heterocycles. The quantitative estimate of drug-likeness (QED) is 0.195. The number of anilines is 2. The van der Waals surface area contributed by atoms with Crippen molar-refractivity contribution < 1.29 is 26.7 Å². The highest BCUT2D eigenvalue weighted by molar-refractivity contribution is 7.90. The summed E-state index contributed by atoms with van der Waals surface area (Å²) in [7, 11) is -2.63. The van der Waals surface area contributed by atoms with Crippen molar-refractivity contribution in [2.45, 2.75) is 75.5 Å². The van der Waals surface area contributed by atoms with Gasteiger partial charge >= 0.3 is 10.2 Å². The topological polar surface area (TPSA) is 156 Å². The first kappa shape index (κ1) is 36.7. The zero-order valence-corrected chi connectivity index (χ0v) is 30.5. The molecule has 2 aliphatic heterocycles. The number of hydrogen-bond donors (Lipinski definition) is 2. The molecule has 0 unspecified atom stereocenters. The van der Waals surface area contributed by atoms with E-state index < -0.39 is 21.8 Å². The predicted octanol–water partition coefficient (Wildman–Crippen LogP) is 6.05. The second-order valence-corrected chi connectivity index (χ2v) is 16.1. The Hall–Kier alpha value is -4.62. The Labute approximate surface area is 307 Å². The summed E-state index contributed by atoms with van der Waals surface area (Å²) < 4.78 is 72.1. The molecule has 3 aliphatic rings. The van der Waals surface area contributed by atoms with Crippen LogP contribution in [0.5, 0.6) is 11.5 Å². The SMILES string of the molecule is CCN(C)S(=O)(=O)Nc1ccc(F)c(Oc2ccc3ncn([C@H]4COC5(CCN(C6CCC(c7ccc(N)cc7F)CC6)CC5)C4)c(=O)c3c2)c1C#N. The van der Waals surface area contributed by atoms with Crippen LogP contribution < -0.4 is 20.8 Å². The number of likely N-dealkylation sites (tertiary alicyclic amines) is 1. The van der Waals surface area contributed by atoms with Crippen molar-refractivity contribution >= 4 is 32.5 Å². The van der Waals surface area contributed by atoms with Crippen molar-refractivity contribution in [3.8, 4) is 17.6 Å². The Morgan fingerprint density at radius 2 is 1.83 bits per heavy atom. The van der Waals surface area contributed by atoms with E-state index in [1.165, 1.54) is 31.6 Å². The number of nitrogens with two attached hydrogens (primary N) is 1. The molecule has 0 radical (unpaired) electrons. The molecule has 0 amide bonds. The molecule has 3 N–H and O–H groups in total. The van der Waals surface area contributed by atoms with Gasteiger partial charge in [-0.3, -0.25) is 14.1 Å². The third kappa shape index (κ3) is 7.33. The lowest BCUT2D eigenvalue weighted by Crippen LogP contribution is -2.49. The van der Waals surface area contributed by atoms with E-state index in [0.717, 1.165) is 73.6 Å². The smallest absolute Gasteiger partial charge is 0.301 e. The lowest BCUT2D eigenvalue weighted by Gasteiger charge is -2.44. The van der Waals surface area contributed by atoms with E-state index in [9.17, 15) is 22.9 Å². The Kier molecular flexibility index (Phi) is 10.2. The van der Waals surface area contributed by atoms with Crippen molar-refractivity contribution in [3.63, 3.8) is 0 Å². The van der Waals surface area contributed by atoms with Gasteiger partial charge in [0.25, 0.3) is 5.56 Å². The molecule has 3 aromatic carbocycles. The highest BCUT2D eigenvalue weighted by Crippen LogP contribution is 2.43. The molecule has 1 aliphatic carbocycles. The van der Waals surface area contributed by atoms with Crippen LogP contribution in [0.2, 0.25) is 0 Å². The highest BCUT2D eigenvalue weighted by atomic mass is 32.2. The number of nitriles is 1. The summed E-state index contributed by atoms with van der Waals surface area (Å²) in [5.74, 6) is -1.28. The first-order chi connectivity index (χ1) is 25.4. The standard InChI is InChI=1S/C38H43F2N7O5S/c1-3-45(2)53(49,50)44-35-13-11-32(39)36(31(35)21-41)52-28-9-12-34-30(19-28)37(48)47(23-43-34)27-20-38(51-22-27)14-16-46(17-15-38)26-7-4-24(5-8-26)29-10-6-25(42)18-33(29)40/h6,9-13,18-19,23-24,26-27,44H,3-5,7-8,14-17,20,22,42H2,1-2H3/t24?,26?,27-/m1/s1. The maximum Gasteiger partial charge on any atom is 0.301 e. The third-order valence-electron chi connectivity index (χ3n) is 11.3. The summed E-state index contributed by atoms with van der Waals surface area (Å²) in [6, 6.07) is 13.8. The van der Waals surface area contributed by atoms with Crippen LogP contribution in [-0.2, 0) is 14.9 Å². The molecule has 3 heterocycles. The molecule has 15 heteroatoms. The van der Waals surface area contributed by atoms with Crippen molar-refractivity contribution in [1.29, 1.82) is 5.26 Å². The number of rotatable bonds is 9. The molecule has 12 nitrogen and oxygen atoms in total. The molecule has 3 fully saturated rings. The average Bonchev–Trinajstić information content (AvgIpc) is 3.56. The second kappa shape index (κ2) is 14.7. The summed E-state index contributed by atoms with van der Waals surface area (Å²) in [4.78, 5) is 20.9. The van der Waals surface area contributed by atoms with Gasteiger partial charge in [0.05, 0.1) is 41.2 Å². The largest absolute Gasteiger partial charge is 0.453 e. The van der Waals surface area contributed by atoms with Crippen molar-refractivity contribution in [2.24, 2.45) is 0 Å². The number of nitrogens with one attached hydrogen (secondary N) is 1. The maximum absolute atomic E-state index is 15.1. The Morgan fingerprint density at radius 3 is 2.53 bits per heavy atom. The van der Waals surface area contributed by atoms with E-state index in [1.807, 2.05) is 12.1 Å². The zero-order chi connectivity index (χ0) is 37.5. The van der Waals surface area contributed by atoms with Gasteiger partial charge < -0.3 is 20.1 Å². The summed E-state index contributed by atoms with van der Waals surface area (Å²) in [6.07, 6.45) is 7.80. The molecule has 7 rings (SSSR count). The normalized spacial score (nSPS) is 21.9. The van der Waals surface area contributed by atoms with Gasteiger partial charge in [-0.1, -0.05) is 13.0 Å². The first-order valence-corrected chi connectivity index (χ1v) is 19.4. The minimum Gasteiger partial charge on any atom is -0.453 e. The number of nitrogens with zero attached hydrogens (tertiary/aromatic N) is 5. The molecule has 4 aromatic rings. The van der Waals surface area contributed by atoms with Gasteiger partial charge in [-0.05, 0) is 98.9 Å². The summed E-state index contributed by atoms with van der Waals surface area (Å²) >= 11 is 0. The lowest BCUT2D eigenvalue weighted by molar-refractivity contribution is -0.0540. The van der Waals surface area contributed by atoms with E-state index in [0.29, 0.717) is 30.3 Å². The highest BCUT2D eigenvalue weighted by Gasteiger charge is 2.45. The number of nitrogen functional groups attached to an aromatic ring is 1. The van der Waals surface area contributed by atoms with Gasteiger partial charge in [-0.2, -0.15) is 18.0 Å². The summed E-state index contributed by atoms with van der Waals surface area (Å²) in [6.45, 7) is 3.98. The van der Waals surface area contributed by atoms with Gasteiger partial charge in [0.15, 0.2) is 11.6 Å². The van der Waals surface area contributed by atoms with Crippen molar-refractivity contribution in [3.05, 3.63) is 88.0 Å². The number of benzene rings is 3. The average molecular weight is 748 g/mol. The molecule has 2 saturated heterocycles. The van der Waals surface area contributed by atoms with E-state index in [1.54, 1.807) is 23.6 Å². The van der Waals surface area contributed by atoms with Crippen LogP contribution in [0.4, 0.5) is 20.2 Å². The van der Waals surface area contributed by atoms with Gasteiger partial charge in [0, 0.05) is 38.4 Å². The Bertz CT molecular complexity index is 2230. The van der Waals surface area contributed by atoms with Crippen LogP contribution in [0.1, 0.15) is 75.0 Å². The van der Waals surface area contributed by atoms with Crippen LogP contribution in [0.25, 0.3) is 10.9 Å². The van der Waals surface area contributed by atoms with Gasteiger partial charge in [0.1, 0.15) is 23.2 Å². The fraction of sp³-hybridized carbons (Fsp3) is 0.447. The molecule has 1 spiro atoms. The predicted molar refractivity (Wildman–Crippen MR) is 197 cm³/mol. The van der Waals surface area contributed by atoms with E-state index in [-0.39, 0.29) is 57.9 Å². The molecule has 1 atom stereocenters. The number of hydrogen-bond acceptors (Lipinski definition) is 9. The first-order valence-electron chi connectivity index (χ1n) is 18.0. The van der Waals surface area contributed by atoms with Crippen LogP contribution in [0, 0.1) is 23.0 Å². The third-order valence-corrected chi connectivity index (χ3v) is 12.8. The van der Waals surface area contributed by atoms with Crippen molar-refractivity contribution in [2.75, 3.05) is 43.7 Å². The van der Waals surface area contributed by atoms with Crippen LogP contribution >= 0.6 is 0 Å². The Morgan fingerprint density at radius 1 is 1.08 bits per heavy atom. The monoisotopic (exact) mass is 747 g/mol. The number of halogens is 2. The lowest BCUT2D eigenvalue weighted by atomic mass is 9.79. The molecule has 53 heavy (non-hydrogen) atoms. The van der Waals surface area contributed by atoms with Crippen LogP contribution in [0.3, 0.4) is 0 Å². The number of piperidine rings is 1. The molecular weight excluding hydrogens is 705 g/mol. The molecule has 1 saturated carbocycles. The molecule has 0 bridgehead atoms. The number of ether oxygens (including phenoxy) is 2. The van der Waals surface area contributed by atoms with Gasteiger partial charge in [-0.25, -0.2) is 13.8 Å². The summed E-state index contributed by atoms with van der Waals surface area (Å²) in [5.41, 5.74) is 6.24. The van der Waals surface area contributed by atoms with E-state index >= 15 is 4.39 Å². The Balaban J connectivity index is 1.02. The van der Waals surface area contributed by atoms with Gasteiger partial charge in [0.2, 0.25) is 0 Å². The van der Waals surface area contributed by atoms with Crippen LogP contribution in [0.15, 0.2) is 59.7 Å². The van der Waals surface area contributed by atoms with E-state index in [4.69, 9.17) is 15.2 Å². The van der Waals surface area contributed by atoms with E-state index in [2.05, 4.69) is 14.6 Å². The van der Waals surface area contributed by atoms with Crippen molar-refractivity contribution in [1.82, 2.24) is 18.8 Å². The minimum absolute atomic E-state index is 0.0781. The summed E-state index contributed by atoms with van der Waals surface area (Å²) in [5, 5.41) is 10.1. The number of aromatic nitrogens is 2. The number of fused-ring (bicyclic) bond motifs is 1.